The van der Waals surface area contributed by atoms with Crippen LogP contribution in [0.25, 0.3) is 0 Å². The summed E-state index contributed by atoms with van der Waals surface area (Å²) < 4.78 is 11.3. The number of rotatable bonds is 3. The highest BCUT2D eigenvalue weighted by molar-refractivity contribution is 5.78. The summed E-state index contributed by atoms with van der Waals surface area (Å²) in [6.45, 7) is 9.65. The summed E-state index contributed by atoms with van der Waals surface area (Å²) in [6, 6.07) is 7.96. The van der Waals surface area contributed by atoms with Crippen molar-refractivity contribution >= 4 is 5.96 Å². The van der Waals surface area contributed by atoms with Crippen LogP contribution in [0.2, 0.25) is 0 Å². The molecule has 1 aromatic rings. The Bertz CT molecular complexity index is 489. The average Bonchev–Trinajstić information content (AvgIpc) is 2.45. The fraction of sp³-hybridized carbons (Fsp3) is 0.562. The first kappa shape index (κ1) is 15.6. The number of hydrogen-bond acceptors (Lipinski definition) is 3. The second kappa shape index (κ2) is 6.80. The first-order chi connectivity index (χ1) is 9.96. The van der Waals surface area contributed by atoms with Crippen molar-refractivity contribution in [2.24, 2.45) is 10.7 Å². The van der Waals surface area contributed by atoms with Gasteiger partial charge in [0, 0.05) is 18.7 Å². The van der Waals surface area contributed by atoms with Crippen LogP contribution in [0, 0.1) is 0 Å². The minimum atomic E-state index is -0.227. The van der Waals surface area contributed by atoms with Gasteiger partial charge < -0.3 is 20.1 Å². The van der Waals surface area contributed by atoms with E-state index < -0.39 is 0 Å². The molecule has 1 aromatic carbocycles. The number of para-hydroxylation sites is 1. The standard InChI is InChI=1S/C16H25N3O2/c1-16(2,3)21-14-7-5-4-6-13(14)12-18-15(17)19-8-10-20-11-9-19/h4-7H,8-12H2,1-3H3,(H2,17,18). The monoisotopic (exact) mass is 291 g/mol. The summed E-state index contributed by atoms with van der Waals surface area (Å²) in [5.74, 6) is 1.44. The van der Waals surface area contributed by atoms with Gasteiger partial charge in [-0.15, -0.1) is 0 Å². The van der Waals surface area contributed by atoms with E-state index in [0.717, 1.165) is 24.4 Å². The Kier molecular flexibility index (Phi) is 5.07. The lowest BCUT2D eigenvalue weighted by atomic mass is 10.1. The number of guanidine groups is 1. The molecule has 0 bridgehead atoms. The lowest BCUT2D eigenvalue weighted by Gasteiger charge is -2.27. The zero-order chi connectivity index (χ0) is 15.3. The molecule has 0 amide bonds. The zero-order valence-electron chi connectivity index (χ0n) is 13.1. The van der Waals surface area contributed by atoms with Crippen molar-refractivity contribution < 1.29 is 9.47 Å². The fourth-order valence-corrected chi connectivity index (χ4v) is 2.12. The van der Waals surface area contributed by atoms with Crippen LogP contribution in [0.15, 0.2) is 29.3 Å². The van der Waals surface area contributed by atoms with Crippen molar-refractivity contribution in [2.45, 2.75) is 32.9 Å². The summed E-state index contributed by atoms with van der Waals surface area (Å²) in [6.07, 6.45) is 0. The number of ether oxygens (including phenoxy) is 2. The average molecular weight is 291 g/mol. The molecule has 1 fully saturated rings. The number of morpholine rings is 1. The quantitative estimate of drug-likeness (QED) is 0.683. The van der Waals surface area contributed by atoms with Crippen LogP contribution >= 0.6 is 0 Å². The Labute approximate surface area is 126 Å². The highest BCUT2D eigenvalue weighted by Gasteiger charge is 2.15. The summed E-state index contributed by atoms with van der Waals surface area (Å²) in [7, 11) is 0. The number of hydrogen-bond donors (Lipinski definition) is 1. The number of aliphatic imine (C=N–C) groups is 1. The molecule has 0 aromatic heterocycles. The molecule has 1 aliphatic heterocycles. The van der Waals surface area contributed by atoms with Crippen molar-refractivity contribution in [3.05, 3.63) is 29.8 Å². The molecule has 0 saturated carbocycles. The molecule has 0 atom stereocenters. The van der Waals surface area contributed by atoms with E-state index >= 15 is 0 Å². The number of benzene rings is 1. The van der Waals surface area contributed by atoms with E-state index in [0.29, 0.717) is 25.7 Å². The van der Waals surface area contributed by atoms with E-state index in [1.165, 1.54) is 0 Å². The van der Waals surface area contributed by atoms with Crippen LogP contribution in [0.1, 0.15) is 26.3 Å². The van der Waals surface area contributed by atoms with E-state index in [4.69, 9.17) is 15.2 Å². The smallest absolute Gasteiger partial charge is 0.191 e. The lowest BCUT2D eigenvalue weighted by molar-refractivity contribution is 0.0674. The van der Waals surface area contributed by atoms with Gasteiger partial charge in [0.15, 0.2) is 5.96 Å². The van der Waals surface area contributed by atoms with E-state index in [1.54, 1.807) is 0 Å². The van der Waals surface area contributed by atoms with Crippen LogP contribution in [0.5, 0.6) is 5.75 Å². The molecule has 5 heteroatoms. The summed E-state index contributed by atoms with van der Waals surface area (Å²) in [5, 5.41) is 0. The highest BCUT2D eigenvalue weighted by Crippen LogP contribution is 2.23. The molecule has 1 aliphatic rings. The Morgan fingerprint density at radius 2 is 1.95 bits per heavy atom. The van der Waals surface area contributed by atoms with Crippen molar-refractivity contribution in [3.63, 3.8) is 0 Å². The third kappa shape index (κ3) is 4.93. The molecule has 116 valence electrons. The third-order valence-corrected chi connectivity index (χ3v) is 3.14. The molecule has 0 radical (unpaired) electrons. The van der Waals surface area contributed by atoms with Gasteiger partial charge in [-0.05, 0) is 26.8 Å². The molecule has 21 heavy (non-hydrogen) atoms. The third-order valence-electron chi connectivity index (χ3n) is 3.14. The molecular weight excluding hydrogens is 266 g/mol. The lowest BCUT2D eigenvalue weighted by Crippen LogP contribution is -2.44. The minimum absolute atomic E-state index is 0.227. The van der Waals surface area contributed by atoms with E-state index in [9.17, 15) is 0 Å². The molecule has 5 nitrogen and oxygen atoms in total. The highest BCUT2D eigenvalue weighted by atomic mass is 16.5. The Balaban J connectivity index is 2.05. The van der Waals surface area contributed by atoms with Gasteiger partial charge in [0.25, 0.3) is 0 Å². The summed E-state index contributed by atoms with van der Waals surface area (Å²) in [4.78, 5) is 6.55. The summed E-state index contributed by atoms with van der Waals surface area (Å²) >= 11 is 0. The van der Waals surface area contributed by atoms with Gasteiger partial charge in [0.1, 0.15) is 11.4 Å². The van der Waals surface area contributed by atoms with Gasteiger partial charge in [-0.2, -0.15) is 0 Å². The van der Waals surface area contributed by atoms with Crippen LogP contribution < -0.4 is 10.5 Å². The van der Waals surface area contributed by atoms with Crippen LogP contribution in [-0.4, -0.2) is 42.8 Å². The second-order valence-corrected chi connectivity index (χ2v) is 6.10. The van der Waals surface area contributed by atoms with Crippen molar-refractivity contribution in [3.8, 4) is 5.75 Å². The predicted molar refractivity (Wildman–Crippen MR) is 84.5 cm³/mol. The second-order valence-electron chi connectivity index (χ2n) is 6.10. The van der Waals surface area contributed by atoms with E-state index in [1.807, 2.05) is 45.0 Å². The molecule has 0 aliphatic carbocycles. The maximum absolute atomic E-state index is 6.05. The van der Waals surface area contributed by atoms with Crippen molar-refractivity contribution in [1.82, 2.24) is 4.90 Å². The molecule has 2 N–H and O–H groups in total. The molecule has 1 heterocycles. The van der Waals surface area contributed by atoms with Crippen LogP contribution in [0.3, 0.4) is 0 Å². The van der Waals surface area contributed by atoms with E-state index in [2.05, 4.69) is 9.89 Å². The van der Waals surface area contributed by atoms with Crippen LogP contribution in [0.4, 0.5) is 0 Å². The van der Waals surface area contributed by atoms with Gasteiger partial charge in [0.2, 0.25) is 0 Å². The largest absolute Gasteiger partial charge is 0.488 e. The molecular formula is C16H25N3O2. The predicted octanol–water partition coefficient (Wildman–Crippen LogP) is 2.01. The van der Waals surface area contributed by atoms with E-state index in [-0.39, 0.29) is 5.60 Å². The maximum Gasteiger partial charge on any atom is 0.191 e. The van der Waals surface area contributed by atoms with Crippen molar-refractivity contribution in [1.29, 1.82) is 0 Å². The SMILES string of the molecule is CC(C)(C)Oc1ccccc1CN=C(N)N1CCOCC1. The Morgan fingerprint density at radius 1 is 1.29 bits per heavy atom. The number of nitrogens with two attached hydrogens (primary N) is 1. The van der Waals surface area contributed by atoms with Gasteiger partial charge in [-0.25, -0.2) is 4.99 Å². The normalized spacial score (nSPS) is 16.9. The van der Waals surface area contributed by atoms with Crippen molar-refractivity contribution in [2.75, 3.05) is 26.3 Å². The molecule has 0 spiro atoms. The van der Waals surface area contributed by atoms with Crippen LogP contribution in [-0.2, 0) is 11.3 Å². The Morgan fingerprint density at radius 3 is 2.62 bits per heavy atom. The summed E-state index contributed by atoms with van der Waals surface area (Å²) in [5.41, 5.74) is 6.87. The molecule has 1 saturated heterocycles. The zero-order valence-corrected chi connectivity index (χ0v) is 13.1. The fourth-order valence-electron chi connectivity index (χ4n) is 2.12. The first-order valence-electron chi connectivity index (χ1n) is 7.35. The molecule has 0 unspecified atom stereocenters. The number of nitrogens with zero attached hydrogens (tertiary/aromatic N) is 2. The first-order valence-corrected chi connectivity index (χ1v) is 7.35. The van der Waals surface area contributed by atoms with Gasteiger partial charge in [-0.1, -0.05) is 18.2 Å². The van der Waals surface area contributed by atoms with Gasteiger partial charge in [-0.3, -0.25) is 0 Å². The Hall–Kier alpha value is -1.75. The molecule has 2 rings (SSSR count). The van der Waals surface area contributed by atoms with Gasteiger partial charge in [0.05, 0.1) is 19.8 Å². The van der Waals surface area contributed by atoms with Gasteiger partial charge >= 0.3 is 0 Å². The maximum atomic E-state index is 6.05. The topological polar surface area (TPSA) is 60.1 Å². The minimum Gasteiger partial charge on any atom is -0.488 e.